The molecule has 0 unspecified atom stereocenters. The van der Waals surface area contributed by atoms with E-state index in [1.165, 1.54) is 6.08 Å². The van der Waals surface area contributed by atoms with Crippen molar-refractivity contribution in [1.82, 2.24) is 5.16 Å². The number of aryl methyl sites for hydroxylation is 1. The third-order valence-corrected chi connectivity index (χ3v) is 2.92. The van der Waals surface area contributed by atoms with Crippen LogP contribution in [0, 0.1) is 6.92 Å². The Hall–Kier alpha value is -2.21. The molecule has 1 aromatic carbocycles. The minimum absolute atomic E-state index is 0.246. The van der Waals surface area contributed by atoms with Crippen molar-refractivity contribution in [2.75, 3.05) is 5.32 Å². The number of carbonyl (C=O) groups is 2. The highest BCUT2D eigenvalue weighted by molar-refractivity contribution is 9.10. The number of halogens is 1. The van der Waals surface area contributed by atoms with Gasteiger partial charge in [-0.15, -0.1) is 0 Å². The van der Waals surface area contributed by atoms with Crippen molar-refractivity contribution in [1.29, 1.82) is 0 Å². The van der Waals surface area contributed by atoms with E-state index in [0.717, 1.165) is 10.5 Å². The maximum absolute atomic E-state index is 11.8. The highest BCUT2D eigenvalue weighted by Crippen LogP contribution is 2.11. The molecule has 0 saturated carbocycles. The molecule has 0 spiro atoms. The van der Waals surface area contributed by atoms with Gasteiger partial charge in [0.25, 0.3) is 0 Å². The Morgan fingerprint density at radius 2 is 1.95 bits per heavy atom. The highest BCUT2D eigenvalue weighted by atomic mass is 79.9. The topological polar surface area (TPSA) is 72.2 Å². The number of benzene rings is 1. The second kappa shape index (κ2) is 6.29. The van der Waals surface area contributed by atoms with Gasteiger partial charge in [-0.3, -0.25) is 9.59 Å². The molecule has 20 heavy (non-hydrogen) atoms. The van der Waals surface area contributed by atoms with Crippen LogP contribution >= 0.6 is 15.9 Å². The van der Waals surface area contributed by atoms with Gasteiger partial charge < -0.3 is 9.84 Å². The molecule has 5 nitrogen and oxygen atoms in total. The molecule has 6 heteroatoms. The number of hydrogen-bond acceptors (Lipinski definition) is 4. The molecular formula is C14H11BrN2O3. The van der Waals surface area contributed by atoms with Crippen LogP contribution in [0.1, 0.15) is 16.1 Å². The van der Waals surface area contributed by atoms with E-state index >= 15 is 0 Å². The maximum atomic E-state index is 11.8. The molecule has 0 radical (unpaired) electrons. The summed E-state index contributed by atoms with van der Waals surface area (Å²) in [6.45, 7) is 1.72. The minimum Gasteiger partial charge on any atom is -0.360 e. The predicted octanol–water partition coefficient (Wildman–Crippen LogP) is 3.12. The molecule has 0 atom stereocenters. The maximum Gasteiger partial charge on any atom is 0.249 e. The number of hydrogen-bond donors (Lipinski definition) is 1. The quantitative estimate of drug-likeness (QED) is 0.688. The average Bonchev–Trinajstić information content (AvgIpc) is 2.82. The van der Waals surface area contributed by atoms with Gasteiger partial charge in [-0.25, -0.2) is 0 Å². The van der Waals surface area contributed by atoms with E-state index in [1.54, 1.807) is 37.3 Å². The van der Waals surface area contributed by atoms with Crippen molar-refractivity contribution in [2.24, 2.45) is 0 Å². The number of nitrogens with one attached hydrogen (secondary N) is 1. The van der Waals surface area contributed by atoms with Gasteiger partial charge in [-0.1, -0.05) is 21.1 Å². The number of ketones is 1. The average molecular weight is 335 g/mol. The van der Waals surface area contributed by atoms with Crippen LogP contribution in [0.3, 0.4) is 0 Å². The number of rotatable bonds is 4. The zero-order chi connectivity index (χ0) is 14.5. The molecule has 1 amide bonds. The smallest absolute Gasteiger partial charge is 0.249 e. The van der Waals surface area contributed by atoms with E-state index in [4.69, 9.17) is 4.52 Å². The number of anilines is 1. The van der Waals surface area contributed by atoms with Gasteiger partial charge in [0.05, 0.1) is 0 Å². The largest absolute Gasteiger partial charge is 0.360 e. The second-order valence-electron chi connectivity index (χ2n) is 4.02. The third kappa shape index (κ3) is 3.89. The first-order chi connectivity index (χ1) is 9.54. The Balaban J connectivity index is 1.96. The first-order valence-electron chi connectivity index (χ1n) is 5.77. The standard InChI is InChI=1S/C14H11BrN2O3/c1-9-8-13(17-20-9)16-14(19)7-6-12(18)10-2-4-11(15)5-3-10/h2-8H,1H3,(H,16,17,19)/b7-6+. The SMILES string of the molecule is Cc1cc(NC(=O)/C=C/C(=O)c2ccc(Br)cc2)no1. The number of carbonyl (C=O) groups excluding carboxylic acids is 2. The van der Waals surface area contributed by atoms with Gasteiger partial charge in [-0.05, 0) is 37.3 Å². The summed E-state index contributed by atoms with van der Waals surface area (Å²) in [6, 6.07) is 8.46. The molecule has 102 valence electrons. The summed E-state index contributed by atoms with van der Waals surface area (Å²) >= 11 is 3.29. The Morgan fingerprint density at radius 3 is 2.55 bits per heavy atom. The zero-order valence-electron chi connectivity index (χ0n) is 10.6. The summed E-state index contributed by atoms with van der Waals surface area (Å²) in [6.07, 6.45) is 2.37. The molecule has 1 N–H and O–H groups in total. The van der Waals surface area contributed by atoms with E-state index < -0.39 is 5.91 Å². The van der Waals surface area contributed by atoms with Crippen LogP contribution in [-0.2, 0) is 4.79 Å². The van der Waals surface area contributed by atoms with E-state index in [0.29, 0.717) is 17.1 Å². The van der Waals surface area contributed by atoms with E-state index in [9.17, 15) is 9.59 Å². The van der Waals surface area contributed by atoms with Crippen LogP contribution in [0.2, 0.25) is 0 Å². The van der Waals surface area contributed by atoms with E-state index in [2.05, 4.69) is 26.4 Å². The molecule has 2 rings (SSSR count). The first kappa shape index (κ1) is 14.2. The lowest BCUT2D eigenvalue weighted by atomic mass is 10.1. The summed E-state index contributed by atoms with van der Waals surface area (Å²) in [5.41, 5.74) is 0.509. The van der Waals surface area contributed by atoms with Crippen LogP contribution in [0.25, 0.3) is 0 Å². The van der Waals surface area contributed by atoms with Crippen LogP contribution in [0.15, 0.2) is 51.5 Å². The molecule has 0 aliphatic rings. The fourth-order valence-corrected chi connectivity index (χ4v) is 1.72. The van der Waals surface area contributed by atoms with Crippen LogP contribution < -0.4 is 5.32 Å². The Morgan fingerprint density at radius 1 is 1.25 bits per heavy atom. The number of aromatic nitrogens is 1. The van der Waals surface area contributed by atoms with Gasteiger partial charge in [0, 0.05) is 22.2 Å². The van der Waals surface area contributed by atoms with Crippen molar-refractivity contribution in [2.45, 2.75) is 6.92 Å². The van der Waals surface area contributed by atoms with E-state index in [1.807, 2.05) is 0 Å². The van der Waals surface area contributed by atoms with Gasteiger partial charge in [0.15, 0.2) is 11.6 Å². The molecule has 2 aromatic rings. The fraction of sp³-hybridized carbons (Fsp3) is 0.0714. The van der Waals surface area contributed by atoms with Crippen molar-refractivity contribution >= 4 is 33.4 Å². The molecular weight excluding hydrogens is 324 g/mol. The number of allylic oxidation sites excluding steroid dienone is 1. The summed E-state index contributed by atoms with van der Waals surface area (Å²) in [4.78, 5) is 23.4. The van der Waals surface area contributed by atoms with Crippen LogP contribution in [-0.4, -0.2) is 16.8 Å². The van der Waals surface area contributed by atoms with Gasteiger partial charge in [-0.2, -0.15) is 0 Å². The van der Waals surface area contributed by atoms with Crippen molar-refractivity contribution < 1.29 is 14.1 Å². The summed E-state index contributed by atoms with van der Waals surface area (Å²) in [5.74, 6) is 0.219. The highest BCUT2D eigenvalue weighted by Gasteiger charge is 2.05. The Labute approximate surface area is 123 Å². The molecule has 0 aliphatic heterocycles. The molecule has 0 saturated heterocycles. The lowest BCUT2D eigenvalue weighted by molar-refractivity contribution is -0.112. The summed E-state index contributed by atoms with van der Waals surface area (Å²) in [5, 5.41) is 6.11. The molecule has 0 bridgehead atoms. The Kier molecular flexibility index (Phi) is 4.47. The predicted molar refractivity (Wildman–Crippen MR) is 77.5 cm³/mol. The van der Waals surface area contributed by atoms with E-state index in [-0.39, 0.29) is 5.78 Å². The van der Waals surface area contributed by atoms with Gasteiger partial charge in [0.1, 0.15) is 5.76 Å². The third-order valence-electron chi connectivity index (χ3n) is 2.39. The Bertz CT molecular complexity index is 659. The monoisotopic (exact) mass is 334 g/mol. The summed E-state index contributed by atoms with van der Waals surface area (Å²) in [7, 11) is 0. The molecule has 0 aliphatic carbocycles. The first-order valence-corrected chi connectivity index (χ1v) is 6.56. The second-order valence-corrected chi connectivity index (χ2v) is 4.93. The lowest BCUT2D eigenvalue weighted by Crippen LogP contribution is -2.08. The van der Waals surface area contributed by atoms with Crippen LogP contribution in [0.5, 0.6) is 0 Å². The van der Waals surface area contributed by atoms with Crippen molar-refractivity contribution in [3.05, 3.63) is 58.3 Å². The fourth-order valence-electron chi connectivity index (χ4n) is 1.45. The number of nitrogens with zero attached hydrogens (tertiary/aromatic N) is 1. The van der Waals surface area contributed by atoms with Gasteiger partial charge >= 0.3 is 0 Å². The van der Waals surface area contributed by atoms with Crippen LogP contribution in [0.4, 0.5) is 5.82 Å². The van der Waals surface area contributed by atoms with Crippen molar-refractivity contribution in [3.8, 4) is 0 Å². The van der Waals surface area contributed by atoms with Gasteiger partial charge in [0.2, 0.25) is 5.91 Å². The number of amides is 1. The minimum atomic E-state index is -0.441. The lowest BCUT2D eigenvalue weighted by Gasteiger charge is -1.96. The normalized spacial score (nSPS) is 10.7. The summed E-state index contributed by atoms with van der Waals surface area (Å²) < 4.78 is 5.70. The zero-order valence-corrected chi connectivity index (χ0v) is 12.2. The molecule has 1 heterocycles. The van der Waals surface area contributed by atoms with Crippen molar-refractivity contribution in [3.63, 3.8) is 0 Å². The molecule has 0 fully saturated rings. The molecule has 1 aromatic heterocycles.